The first-order valence-electron chi connectivity index (χ1n) is 7.55. The van der Waals surface area contributed by atoms with Crippen LogP contribution in [-0.2, 0) is 4.79 Å². The van der Waals surface area contributed by atoms with Gasteiger partial charge in [-0.3, -0.25) is 4.79 Å². The van der Waals surface area contributed by atoms with Crippen LogP contribution in [0.3, 0.4) is 0 Å². The minimum absolute atomic E-state index is 0. The molecule has 4 unspecified atom stereocenters. The number of nitrogens with one attached hydrogen (secondary N) is 1. The molecule has 2 aliphatic carbocycles. The van der Waals surface area contributed by atoms with Crippen molar-refractivity contribution in [3.05, 3.63) is 35.4 Å². The lowest BCUT2D eigenvalue weighted by Gasteiger charge is -2.19. The van der Waals surface area contributed by atoms with Gasteiger partial charge in [-0.1, -0.05) is 12.5 Å². The molecule has 2 aliphatic rings. The van der Waals surface area contributed by atoms with Gasteiger partial charge in [0.15, 0.2) is 11.6 Å². The number of rotatable bonds is 4. The van der Waals surface area contributed by atoms with Crippen molar-refractivity contribution in [3.63, 3.8) is 0 Å². The molecule has 3 nitrogen and oxygen atoms in total. The molecule has 0 bridgehead atoms. The zero-order valence-corrected chi connectivity index (χ0v) is 13.0. The van der Waals surface area contributed by atoms with Crippen LogP contribution in [0.2, 0.25) is 0 Å². The second kappa shape index (κ2) is 6.92. The number of amides is 1. The number of carbonyl (C=O) groups is 1. The molecule has 2 saturated carbocycles. The summed E-state index contributed by atoms with van der Waals surface area (Å²) < 4.78 is 26.2. The van der Waals surface area contributed by atoms with E-state index in [1.807, 2.05) is 0 Å². The van der Waals surface area contributed by atoms with E-state index in [-0.39, 0.29) is 36.2 Å². The van der Waals surface area contributed by atoms with Gasteiger partial charge in [-0.25, -0.2) is 8.78 Å². The van der Waals surface area contributed by atoms with E-state index in [4.69, 9.17) is 5.73 Å². The number of carbonyl (C=O) groups excluding carboxylic acids is 1. The van der Waals surface area contributed by atoms with Crippen molar-refractivity contribution < 1.29 is 13.6 Å². The highest BCUT2D eigenvalue weighted by atomic mass is 35.5. The van der Waals surface area contributed by atoms with Crippen molar-refractivity contribution in [2.24, 2.45) is 17.6 Å². The maximum atomic E-state index is 13.2. The maximum Gasteiger partial charge on any atom is 0.223 e. The number of halogens is 3. The molecular weight excluding hydrogens is 310 g/mol. The van der Waals surface area contributed by atoms with Crippen molar-refractivity contribution in [3.8, 4) is 0 Å². The van der Waals surface area contributed by atoms with E-state index in [9.17, 15) is 13.6 Å². The third-order valence-electron chi connectivity index (χ3n) is 4.79. The van der Waals surface area contributed by atoms with Gasteiger partial charge >= 0.3 is 0 Å². The highest BCUT2D eigenvalue weighted by molar-refractivity contribution is 5.85. The van der Waals surface area contributed by atoms with Crippen LogP contribution in [0, 0.1) is 23.5 Å². The molecule has 0 radical (unpaired) electrons. The van der Waals surface area contributed by atoms with Gasteiger partial charge in [0.25, 0.3) is 0 Å². The van der Waals surface area contributed by atoms with Crippen molar-refractivity contribution in [2.75, 3.05) is 6.54 Å². The molecule has 6 heteroatoms. The molecule has 1 amide bonds. The monoisotopic (exact) mass is 330 g/mol. The van der Waals surface area contributed by atoms with E-state index in [1.54, 1.807) is 6.07 Å². The molecule has 0 spiro atoms. The Hall–Kier alpha value is -1.20. The Balaban J connectivity index is 0.00000176. The summed E-state index contributed by atoms with van der Waals surface area (Å²) in [4.78, 5) is 12.2. The largest absolute Gasteiger partial charge is 0.353 e. The summed E-state index contributed by atoms with van der Waals surface area (Å²) in [6.45, 7) is 0.599. The summed E-state index contributed by atoms with van der Waals surface area (Å²) >= 11 is 0. The molecule has 0 aromatic heterocycles. The third kappa shape index (κ3) is 3.41. The average Bonchev–Trinajstić information content (AvgIpc) is 3.15. The summed E-state index contributed by atoms with van der Waals surface area (Å²) in [5.41, 5.74) is 6.42. The van der Waals surface area contributed by atoms with Crippen LogP contribution in [0.1, 0.15) is 37.2 Å². The normalized spacial score (nSPS) is 29.8. The summed E-state index contributed by atoms with van der Waals surface area (Å²) in [6, 6.07) is 4.06. The fraction of sp³-hybridized carbons (Fsp3) is 0.562. The second-order valence-corrected chi connectivity index (χ2v) is 6.16. The molecule has 1 aromatic carbocycles. The molecule has 22 heavy (non-hydrogen) atoms. The molecule has 0 heterocycles. The van der Waals surface area contributed by atoms with E-state index >= 15 is 0 Å². The van der Waals surface area contributed by atoms with Crippen LogP contribution in [-0.4, -0.2) is 18.5 Å². The molecule has 3 N–H and O–H groups in total. The first-order valence-corrected chi connectivity index (χ1v) is 7.55. The lowest BCUT2D eigenvalue weighted by atomic mass is 10.0. The highest BCUT2D eigenvalue weighted by Gasteiger charge is 2.45. The molecule has 0 aliphatic heterocycles. The van der Waals surface area contributed by atoms with Crippen LogP contribution >= 0.6 is 12.4 Å². The van der Waals surface area contributed by atoms with Crippen molar-refractivity contribution in [2.45, 2.75) is 37.6 Å². The minimum Gasteiger partial charge on any atom is -0.353 e. The molecular formula is C16H21ClF2N2O. The SMILES string of the molecule is Cl.NCC1CCCC1NC(=O)C1CC1c1ccc(F)c(F)c1. The molecule has 122 valence electrons. The molecule has 2 fully saturated rings. The van der Waals surface area contributed by atoms with Gasteiger partial charge in [0.05, 0.1) is 0 Å². The first-order chi connectivity index (χ1) is 10.1. The summed E-state index contributed by atoms with van der Waals surface area (Å²) in [6.07, 6.45) is 3.86. The second-order valence-electron chi connectivity index (χ2n) is 6.16. The quantitative estimate of drug-likeness (QED) is 0.892. The van der Waals surface area contributed by atoms with Crippen LogP contribution in [0.4, 0.5) is 8.78 Å². The Morgan fingerprint density at radius 3 is 2.73 bits per heavy atom. The summed E-state index contributed by atoms with van der Waals surface area (Å²) in [5.74, 6) is -1.41. The van der Waals surface area contributed by atoms with E-state index in [1.165, 1.54) is 6.07 Å². The van der Waals surface area contributed by atoms with Crippen molar-refractivity contribution >= 4 is 18.3 Å². The standard InChI is InChI=1S/C16H20F2N2O.ClH/c17-13-5-4-9(6-14(13)18)11-7-12(11)16(21)20-15-3-1-2-10(15)8-19;/h4-6,10-12,15H,1-3,7-8,19H2,(H,20,21);1H. The molecule has 3 rings (SSSR count). The van der Waals surface area contributed by atoms with Crippen molar-refractivity contribution in [1.82, 2.24) is 5.32 Å². The van der Waals surface area contributed by atoms with Gasteiger partial charge in [0, 0.05) is 12.0 Å². The van der Waals surface area contributed by atoms with Gasteiger partial charge in [0.2, 0.25) is 5.91 Å². The van der Waals surface area contributed by atoms with Crippen molar-refractivity contribution in [1.29, 1.82) is 0 Å². The minimum atomic E-state index is -0.850. The van der Waals surface area contributed by atoms with E-state index in [0.717, 1.165) is 25.3 Å². The van der Waals surface area contributed by atoms with Gasteiger partial charge in [0.1, 0.15) is 0 Å². The number of benzene rings is 1. The Labute approximate surface area is 135 Å². The molecule has 1 aromatic rings. The Bertz CT molecular complexity index is 555. The fourth-order valence-corrected chi connectivity index (χ4v) is 3.39. The van der Waals surface area contributed by atoms with Gasteiger partial charge in [-0.15, -0.1) is 12.4 Å². The summed E-state index contributed by atoms with van der Waals surface area (Å²) in [7, 11) is 0. The van der Waals surface area contributed by atoms with Gasteiger partial charge < -0.3 is 11.1 Å². The average molecular weight is 331 g/mol. The lowest BCUT2D eigenvalue weighted by molar-refractivity contribution is -0.123. The fourth-order valence-electron chi connectivity index (χ4n) is 3.39. The van der Waals surface area contributed by atoms with E-state index in [2.05, 4.69) is 5.32 Å². The zero-order valence-electron chi connectivity index (χ0n) is 12.2. The highest BCUT2D eigenvalue weighted by Crippen LogP contribution is 2.48. The first kappa shape index (κ1) is 17.2. The van der Waals surface area contributed by atoms with Gasteiger partial charge in [-0.2, -0.15) is 0 Å². The number of hydrogen-bond acceptors (Lipinski definition) is 2. The van der Waals surface area contributed by atoms with Crippen LogP contribution < -0.4 is 11.1 Å². The Morgan fingerprint density at radius 2 is 2.05 bits per heavy atom. The smallest absolute Gasteiger partial charge is 0.223 e. The Kier molecular flexibility index (Phi) is 5.40. The van der Waals surface area contributed by atoms with E-state index < -0.39 is 11.6 Å². The predicted molar refractivity (Wildman–Crippen MR) is 82.8 cm³/mol. The topological polar surface area (TPSA) is 55.1 Å². The van der Waals surface area contributed by atoms with Crippen LogP contribution in [0.25, 0.3) is 0 Å². The van der Waals surface area contributed by atoms with E-state index in [0.29, 0.717) is 24.4 Å². The number of nitrogens with two attached hydrogens (primary N) is 1. The summed E-state index contributed by atoms with van der Waals surface area (Å²) in [5, 5.41) is 3.08. The maximum absolute atomic E-state index is 13.2. The molecule has 4 atom stereocenters. The predicted octanol–water partition coefficient (Wildman–Crippen LogP) is 2.73. The lowest BCUT2D eigenvalue weighted by Crippen LogP contribution is -2.40. The molecule has 0 saturated heterocycles. The Morgan fingerprint density at radius 1 is 1.27 bits per heavy atom. The van der Waals surface area contributed by atoms with Gasteiger partial charge in [-0.05, 0) is 55.3 Å². The van der Waals surface area contributed by atoms with Crippen LogP contribution in [0.15, 0.2) is 18.2 Å². The number of hydrogen-bond donors (Lipinski definition) is 2. The van der Waals surface area contributed by atoms with Crippen LogP contribution in [0.5, 0.6) is 0 Å². The zero-order chi connectivity index (χ0) is 15.0. The third-order valence-corrected chi connectivity index (χ3v) is 4.79.